The van der Waals surface area contributed by atoms with Crippen molar-refractivity contribution in [1.82, 2.24) is 4.90 Å². The van der Waals surface area contributed by atoms with Gasteiger partial charge >= 0.3 is 0 Å². The average molecular weight is 459 g/mol. The number of nitrogens with one attached hydrogen (secondary N) is 1. The second kappa shape index (κ2) is 10.2. The highest BCUT2D eigenvalue weighted by molar-refractivity contribution is 8.18. The lowest BCUT2D eigenvalue weighted by Gasteiger charge is -2.12. The van der Waals surface area contributed by atoms with E-state index < -0.39 is 17.1 Å². The number of hydrogen-bond acceptors (Lipinski definition) is 5. The fourth-order valence-electron chi connectivity index (χ4n) is 3.20. The summed E-state index contributed by atoms with van der Waals surface area (Å²) >= 11 is 0.821. The Labute approximate surface area is 196 Å². The van der Waals surface area contributed by atoms with Crippen LogP contribution in [0.15, 0.2) is 83.8 Å². The molecule has 1 heterocycles. The number of carbonyl (C=O) groups excluding carboxylic acids is 3. The number of carbonyl (C=O) groups is 3. The molecule has 1 fully saturated rings. The molecular weight excluding hydrogens is 436 g/mol. The number of nitrogens with zero attached hydrogens (tertiary/aromatic N) is 1. The van der Waals surface area contributed by atoms with Crippen LogP contribution in [0.1, 0.15) is 16.7 Å². The van der Waals surface area contributed by atoms with Crippen LogP contribution in [0.4, 0.5) is 10.5 Å². The van der Waals surface area contributed by atoms with E-state index in [1.165, 1.54) is 0 Å². The Kier molecular flexibility index (Phi) is 6.90. The van der Waals surface area contributed by atoms with Crippen LogP contribution in [0.3, 0.4) is 0 Å². The summed E-state index contributed by atoms with van der Waals surface area (Å²) in [6.45, 7) is 2.04. The van der Waals surface area contributed by atoms with E-state index in [0.717, 1.165) is 33.4 Å². The van der Waals surface area contributed by atoms with Gasteiger partial charge in [-0.05, 0) is 60.2 Å². The molecule has 166 valence electrons. The number of thioether (sulfide) groups is 1. The van der Waals surface area contributed by atoms with Gasteiger partial charge in [0.2, 0.25) is 5.91 Å². The van der Waals surface area contributed by atoms with Crippen LogP contribution in [0.5, 0.6) is 5.75 Å². The lowest BCUT2D eigenvalue weighted by molar-refractivity contribution is -0.127. The van der Waals surface area contributed by atoms with Crippen molar-refractivity contribution in [2.45, 2.75) is 13.5 Å². The van der Waals surface area contributed by atoms with Crippen LogP contribution in [0.25, 0.3) is 6.08 Å². The normalized spacial score (nSPS) is 14.6. The third-order valence-corrected chi connectivity index (χ3v) is 5.82. The fourth-order valence-corrected chi connectivity index (χ4v) is 4.04. The Bertz CT molecular complexity index is 1210. The van der Waals surface area contributed by atoms with Gasteiger partial charge in [-0.15, -0.1) is 0 Å². The number of anilines is 1. The molecule has 0 unspecified atom stereocenters. The molecule has 4 rings (SSSR count). The van der Waals surface area contributed by atoms with E-state index in [0.29, 0.717) is 18.0 Å². The Morgan fingerprint density at radius 1 is 1.00 bits per heavy atom. The zero-order valence-electron chi connectivity index (χ0n) is 18.0. The third-order valence-electron chi connectivity index (χ3n) is 4.91. The van der Waals surface area contributed by atoms with Gasteiger partial charge in [-0.1, -0.05) is 60.2 Å². The zero-order chi connectivity index (χ0) is 23.2. The number of aryl methyl sites for hydroxylation is 1. The number of benzene rings is 3. The van der Waals surface area contributed by atoms with Crippen LogP contribution >= 0.6 is 11.8 Å². The van der Waals surface area contributed by atoms with Crippen LogP contribution < -0.4 is 10.1 Å². The van der Waals surface area contributed by atoms with Gasteiger partial charge in [-0.3, -0.25) is 19.3 Å². The van der Waals surface area contributed by atoms with Crippen LogP contribution in [-0.4, -0.2) is 28.5 Å². The second-order valence-corrected chi connectivity index (χ2v) is 8.52. The average Bonchev–Trinajstić information content (AvgIpc) is 3.07. The molecule has 7 heteroatoms. The number of ether oxygens (including phenoxy) is 1. The molecule has 0 aliphatic carbocycles. The van der Waals surface area contributed by atoms with Gasteiger partial charge in [-0.25, -0.2) is 0 Å². The highest BCUT2D eigenvalue weighted by Gasteiger charge is 2.36. The van der Waals surface area contributed by atoms with E-state index in [4.69, 9.17) is 4.74 Å². The molecule has 0 spiro atoms. The maximum atomic E-state index is 12.8. The molecule has 0 bridgehead atoms. The van der Waals surface area contributed by atoms with Gasteiger partial charge in [0.25, 0.3) is 11.1 Å². The van der Waals surface area contributed by atoms with Crippen molar-refractivity contribution in [3.05, 3.63) is 100 Å². The largest absolute Gasteiger partial charge is 0.489 e. The Balaban J connectivity index is 1.39. The van der Waals surface area contributed by atoms with Crippen LogP contribution in [0, 0.1) is 6.92 Å². The molecule has 0 atom stereocenters. The number of amides is 3. The van der Waals surface area contributed by atoms with Gasteiger partial charge in [0.15, 0.2) is 0 Å². The molecule has 33 heavy (non-hydrogen) atoms. The van der Waals surface area contributed by atoms with Crippen molar-refractivity contribution < 1.29 is 19.1 Å². The van der Waals surface area contributed by atoms with Crippen molar-refractivity contribution in [1.29, 1.82) is 0 Å². The number of imide groups is 1. The molecule has 1 saturated heterocycles. The number of rotatable bonds is 7. The highest BCUT2D eigenvalue weighted by atomic mass is 32.2. The van der Waals surface area contributed by atoms with Crippen molar-refractivity contribution in [2.75, 3.05) is 11.9 Å². The molecule has 3 aromatic rings. The summed E-state index contributed by atoms with van der Waals surface area (Å²) in [6.07, 6.45) is 1.64. The predicted molar refractivity (Wildman–Crippen MR) is 130 cm³/mol. The molecule has 0 saturated carbocycles. The maximum absolute atomic E-state index is 12.8. The van der Waals surface area contributed by atoms with Gasteiger partial charge in [-0.2, -0.15) is 0 Å². The first-order valence-electron chi connectivity index (χ1n) is 10.4. The van der Waals surface area contributed by atoms with E-state index >= 15 is 0 Å². The summed E-state index contributed by atoms with van der Waals surface area (Å²) in [5.74, 6) is -0.261. The summed E-state index contributed by atoms with van der Waals surface area (Å²) in [4.78, 5) is 38.7. The molecule has 1 aliphatic rings. The van der Waals surface area contributed by atoms with Gasteiger partial charge < -0.3 is 10.1 Å². The van der Waals surface area contributed by atoms with E-state index in [1.807, 2.05) is 67.6 Å². The standard InChI is InChI=1S/C26H22N2O4S/c1-18-10-12-21(13-11-18)27-24(29)16-28-25(30)23(33-26(28)31)15-20-8-5-9-22(14-20)32-17-19-6-3-2-4-7-19/h2-15H,16-17H2,1H3,(H,27,29)/b23-15+. The number of hydrogen-bond donors (Lipinski definition) is 1. The zero-order valence-corrected chi connectivity index (χ0v) is 18.8. The van der Waals surface area contributed by atoms with E-state index in [9.17, 15) is 14.4 Å². The molecule has 0 radical (unpaired) electrons. The SMILES string of the molecule is Cc1ccc(NC(=O)CN2C(=O)S/C(=C/c3cccc(OCc4ccccc4)c3)C2=O)cc1. The van der Waals surface area contributed by atoms with Gasteiger partial charge in [0, 0.05) is 5.69 Å². The predicted octanol–water partition coefficient (Wildman–Crippen LogP) is 5.25. The van der Waals surface area contributed by atoms with Crippen molar-refractivity contribution in [2.24, 2.45) is 0 Å². The van der Waals surface area contributed by atoms with Crippen molar-refractivity contribution in [3.63, 3.8) is 0 Å². The Hall–Kier alpha value is -3.84. The molecule has 3 aromatic carbocycles. The minimum absolute atomic E-state index is 0.267. The summed E-state index contributed by atoms with van der Waals surface area (Å²) in [7, 11) is 0. The van der Waals surface area contributed by atoms with Crippen molar-refractivity contribution in [3.8, 4) is 5.75 Å². The lowest BCUT2D eigenvalue weighted by atomic mass is 10.2. The third kappa shape index (κ3) is 5.90. The Morgan fingerprint density at radius 3 is 2.52 bits per heavy atom. The van der Waals surface area contributed by atoms with Gasteiger partial charge in [0.1, 0.15) is 18.9 Å². The molecule has 0 aromatic heterocycles. The maximum Gasteiger partial charge on any atom is 0.294 e. The van der Waals surface area contributed by atoms with Gasteiger partial charge in [0.05, 0.1) is 4.91 Å². The van der Waals surface area contributed by atoms with Crippen LogP contribution in [0.2, 0.25) is 0 Å². The Morgan fingerprint density at radius 2 is 1.76 bits per heavy atom. The molecule has 6 nitrogen and oxygen atoms in total. The highest BCUT2D eigenvalue weighted by Crippen LogP contribution is 2.32. The summed E-state index contributed by atoms with van der Waals surface area (Å²) in [6, 6.07) is 24.4. The van der Waals surface area contributed by atoms with E-state index in [2.05, 4.69) is 5.32 Å². The first-order chi connectivity index (χ1) is 16.0. The molecular formula is C26H22N2O4S. The monoisotopic (exact) mass is 458 g/mol. The minimum Gasteiger partial charge on any atom is -0.489 e. The van der Waals surface area contributed by atoms with Crippen LogP contribution in [-0.2, 0) is 16.2 Å². The van der Waals surface area contributed by atoms with Crippen molar-refractivity contribution >= 4 is 40.6 Å². The molecule has 1 N–H and O–H groups in total. The summed E-state index contributed by atoms with van der Waals surface area (Å²) in [5.41, 5.74) is 3.46. The summed E-state index contributed by atoms with van der Waals surface area (Å²) in [5, 5.41) is 2.24. The molecule has 3 amide bonds. The lowest BCUT2D eigenvalue weighted by Crippen LogP contribution is -2.36. The van der Waals surface area contributed by atoms with E-state index in [-0.39, 0.29) is 11.4 Å². The smallest absolute Gasteiger partial charge is 0.294 e. The fraction of sp³-hybridized carbons (Fsp3) is 0.115. The molecule has 1 aliphatic heterocycles. The summed E-state index contributed by atoms with van der Waals surface area (Å²) < 4.78 is 5.83. The minimum atomic E-state index is -0.486. The van der Waals surface area contributed by atoms with E-state index in [1.54, 1.807) is 24.3 Å². The first kappa shape index (κ1) is 22.4. The topological polar surface area (TPSA) is 75.7 Å². The first-order valence-corrected chi connectivity index (χ1v) is 11.2. The second-order valence-electron chi connectivity index (χ2n) is 7.53. The quantitative estimate of drug-likeness (QED) is 0.490.